The van der Waals surface area contributed by atoms with E-state index in [-0.39, 0.29) is 5.25 Å². The van der Waals surface area contributed by atoms with Gasteiger partial charge in [-0.3, -0.25) is 0 Å². The van der Waals surface area contributed by atoms with E-state index in [0.29, 0.717) is 27.4 Å². The molecule has 4 nitrogen and oxygen atoms in total. The van der Waals surface area contributed by atoms with Crippen molar-refractivity contribution in [2.45, 2.75) is 11.8 Å². The molecule has 0 N–H and O–H groups in total. The highest BCUT2D eigenvalue weighted by molar-refractivity contribution is 8.13. The minimum absolute atomic E-state index is 0.270. The van der Waals surface area contributed by atoms with Gasteiger partial charge >= 0.3 is 5.30 Å². The van der Waals surface area contributed by atoms with Crippen molar-refractivity contribution in [3.8, 4) is 5.75 Å². The van der Waals surface area contributed by atoms with Gasteiger partial charge in [0.05, 0.1) is 11.6 Å². The molecule has 3 aromatic rings. The Balaban J connectivity index is 1.78. The smallest absolute Gasteiger partial charge is 0.373 e. The zero-order chi connectivity index (χ0) is 18.5. The molecule has 26 heavy (non-hydrogen) atoms. The third-order valence-electron chi connectivity index (χ3n) is 3.50. The number of carbonyl (C=O) groups excluding carboxylic acids is 1. The van der Waals surface area contributed by atoms with Crippen LogP contribution in [0.25, 0.3) is 0 Å². The number of nitrogens with zero attached hydrogens (tertiary/aromatic N) is 2. The minimum Gasteiger partial charge on any atom is -0.418 e. The summed E-state index contributed by atoms with van der Waals surface area (Å²) in [5, 5.41) is 0.892. The summed E-state index contributed by atoms with van der Waals surface area (Å²) in [7, 11) is 0. The third-order valence-corrected chi connectivity index (χ3v) is 5.28. The van der Waals surface area contributed by atoms with E-state index in [2.05, 4.69) is 4.98 Å². The molecule has 0 aliphatic heterocycles. The van der Waals surface area contributed by atoms with E-state index >= 15 is 0 Å². The standard InChI is InChI=1S/C18H13Cl3N2O2S/c19-12-1-4-14(5-2-12)25-18(24)26-17(10-23-8-7-22-11-23)15-6-3-13(20)9-16(15)21/h1-9,11,17H,10H2. The molecular weight excluding hydrogens is 415 g/mol. The van der Waals surface area contributed by atoms with Crippen molar-refractivity contribution in [3.05, 3.63) is 81.8 Å². The summed E-state index contributed by atoms with van der Waals surface area (Å²) in [6.07, 6.45) is 5.18. The maximum Gasteiger partial charge on any atom is 0.373 e. The van der Waals surface area contributed by atoms with Crippen LogP contribution in [0, 0.1) is 0 Å². The summed E-state index contributed by atoms with van der Waals surface area (Å²) < 4.78 is 7.25. The molecule has 0 saturated carbocycles. The zero-order valence-corrected chi connectivity index (χ0v) is 16.4. The number of carbonyl (C=O) groups is 1. The predicted octanol–water partition coefficient (Wildman–Crippen LogP) is 6.52. The largest absolute Gasteiger partial charge is 0.418 e. The second-order valence-electron chi connectivity index (χ2n) is 5.34. The van der Waals surface area contributed by atoms with Gasteiger partial charge in [0.25, 0.3) is 0 Å². The van der Waals surface area contributed by atoms with Gasteiger partial charge in [-0.15, -0.1) is 0 Å². The van der Waals surface area contributed by atoms with Gasteiger partial charge in [0.15, 0.2) is 0 Å². The van der Waals surface area contributed by atoms with E-state index in [1.165, 1.54) is 0 Å². The van der Waals surface area contributed by atoms with Crippen LogP contribution in [0.4, 0.5) is 4.79 Å². The first kappa shape index (κ1) is 19.1. The van der Waals surface area contributed by atoms with Crippen molar-refractivity contribution in [3.63, 3.8) is 0 Å². The van der Waals surface area contributed by atoms with Crippen LogP contribution in [0.1, 0.15) is 10.8 Å². The topological polar surface area (TPSA) is 44.1 Å². The molecule has 1 unspecified atom stereocenters. The summed E-state index contributed by atoms with van der Waals surface area (Å²) >= 11 is 19.2. The Morgan fingerprint density at radius 3 is 2.50 bits per heavy atom. The SMILES string of the molecule is O=C(Oc1ccc(Cl)cc1)SC(Cn1ccnc1)c1ccc(Cl)cc1Cl. The van der Waals surface area contributed by atoms with Gasteiger partial charge in [-0.1, -0.05) is 40.9 Å². The van der Waals surface area contributed by atoms with Gasteiger partial charge in [0.1, 0.15) is 5.75 Å². The van der Waals surface area contributed by atoms with E-state index in [9.17, 15) is 4.79 Å². The van der Waals surface area contributed by atoms with Crippen LogP contribution in [0.5, 0.6) is 5.75 Å². The molecule has 8 heteroatoms. The van der Waals surface area contributed by atoms with Crippen LogP contribution in [0.2, 0.25) is 15.1 Å². The van der Waals surface area contributed by atoms with Gasteiger partial charge in [-0.05, 0) is 53.7 Å². The van der Waals surface area contributed by atoms with Gasteiger partial charge in [0, 0.05) is 34.0 Å². The van der Waals surface area contributed by atoms with Gasteiger partial charge in [-0.2, -0.15) is 0 Å². The first-order chi connectivity index (χ1) is 12.5. The Morgan fingerprint density at radius 2 is 1.85 bits per heavy atom. The van der Waals surface area contributed by atoms with E-state index in [1.54, 1.807) is 48.9 Å². The van der Waals surface area contributed by atoms with Crippen LogP contribution in [0.3, 0.4) is 0 Å². The number of hydrogen-bond acceptors (Lipinski definition) is 4. The van der Waals surface area contributed by atoms with E-state index in [1.807, 2.05) is 16.8 Å². The lowest BCUT2D eigenvalue weighted by Gasteiger charge is -2.18. The molecule has 3 rings (SSSR count). The second-order valence-corrected chi connectivity index (χ2v) is 7.76. The predicted molar refractivity (Wildman–Crippen MR) is 106 cm³/mol. The van der Waals surface area contributed by atoms with Crippen LogP contribution >= 0.6 is 46.6 Å². The lowest BCUT2D eigenvalue weighted by atomic mass is 10.1. The van der Waals surface area contributed by atoms with Crippen molar-refractivity contribution >= 4 is 51.9 Å². The normalized spacial score (nSPS) is 12.0. The molecule has 0 bridgehead atoms. The minimum atomic E-state index is -0.441. The summed E-state index contributed by atoms with van der Waals surface area (Å²) in [6, 6.07) is 11.8. The van der Waals surface area contributed by atoms with Gasteiger partial charge in [-0.25, -0.2) is 9.78 Å². The molecule has 0 saturated heterocycles. The van der Waals surface area contributed by atoms with Crippen LogP contribution in [0.15, 0.2) is 61.2 Å². The molecule has 0 aliphatic rings. The van der Waals surface area contributed by atoms with Crippen LogP contribution < -0.4 is 4.74 Å². The fourth-order valence-electron chi connectivity index (χ4n) is 2.29. The van der Waals surface area contributed by atoms with Gasteiger partial charge < -0.3 is 9.30 Å². The fourth-order valence-corrected chi connectivity index (χ4v) is 3.97. The average molecular weight is 428 g/mol. The number of aromatic nitrogens is 2. The monoisotopic (exact) mass is 426 g/mol. The fraction of sp³-hybridized carbons (Fsp3) is 0.111. The first-order valence-electron chi connectivity index (χ1n) is 7.56. The molecule has 1 heterocycles. The lowest BCUT2D eigenvalue weighted by Crippen LogP contribution is -2.10. The van der Waals surface area contributed by atoms with Crippen molar-refractivity contribution in [2.75, 3.05) is 0 Å². The summed E-state index contributed by atoms with van der Waals surface area (Å²) in [5.41, 5.74) is 0.794. The number of benzene rings is 2. The zero-order valence-electron chi connectivity index (χ0n) is 13.3. The van der Waals surface area contributed by atoms with Gasteiger partial charge in [0.2, 0.25) is 0 Å². The molecule has 0 radical (unpaired) electrons. The Bertz CT molecular complexity index is 886. The Morgan fingerprint density at radius 1 is 1.12 bits per heavy atom. The number of imidazole rings is 1. The van der Waals surface area contributed by atoms with Crippen molar-refractivity contribution in [1.82, 2.24) is 9.55 Å². The summed E-state index contributed by atoms with van der Waals surface area (Å²) in [5.74, 6) is 0.426. The lowest BCUT2D eigenvalue weighted by molar-refractivity contribution is 0.227. The summed E-state index contributed by atoms with van der Waals surface area (Å²) in [4.78, 5) is 16.4. The Labute approximate surface area is 170 Å². The second kappa shape index (κ2) is 8.82. The van der Waals surface area contributed by atoms with E-state index in [4.69, 9.17) is 39.5 Å². The first-order valence-corrected chi connectivity index (χ1v) is 9.57. The number of halogens is 3. The number of rotatable bonds is 5. The highest BCUT2D eigenvalue weighted by Crippen LogP contribution is 2.37. The molecule has 0 fully saturated rings. The highest BCUT2D eigenvalue weighted by atomic mass is 35.5. The molecule has 134 valence electrons. The number of thioether (sulfide) groups is 1. The molecule has 1 aromatic heterocycles. The highest BCUT2D eigenvalue weighted by Gasteiger charge is 2.22. The Hall–Kier alpha value is -1.66. The van der Waals surface area contributed by atoms with Crippen molar-refractivity contribution < 1.29 is 9.53 Å². The maximum absolute atomic E-state index is 12.4. The van der Waals surface area contributed by atoms with Crippen LogP contribution in [-0.2, 0) is 6.54 Å². The Kier molecular flexibility index (Phi) is 6.48. The van der Waals surface area contributed by atoms with E-state index < -0.39 is 5.30 Å². The van der Waals surface area contributed by atoms with Crippen LogP contribution in [-0.4, -0.2) is 14.9 Å². The van der Waals surface area contributed by atoms with Crippen molar-refractivity contribution in [1.29, 1.82) is 0 Å². The molecule has 2 aromatic carbocycles. The maximum atomic E-state index is 12.4. The summed E-state index contributed by atoms with van der Waals surface area (Å²) in [6.45, 7) is 0.502. The third kappa shape index (κ3) is 5.17. The van der Waals surface area contributed by atoms with E-state index in [0.717, 1.165) is 17.3 Å². The number of hydrogen-bond donors (Lipinski definition) is 0. The van der Waals surface area contributed by atoms with Crippen molar-refractivity contribution in [2.24, 2.45) is 0 Å². The molecular formula is C18H13Cl3N2O2S. The quantitative estimate of drug-likeness (QED) is 0.435. The molecule has 0 amide bonds. The molecule has 1 atom stereocenters. The number of ether oxygens (including phenoxy) is 1. The average Bonchev–Trinajstić information content (AvgIpc) is 3.09. The molecule has 0 spiro atoms. The molecule has 0 aliphatic carbocycles.